The molecule has 1 aromatic heterocycles. The second kappa shape index (κ2) is 3.30. The van der Waals surface area contributed by atoms with Gasteiger partial charge in [-0.25, -0.2) is 8.78 Å². The summed E-state index contributed by atoms with van der Waals surface area (Å²) in [6.45, 7) is 1.89. The van der Waals surface area contributed by atoms with Crippen molar-refractivity contribution >= 4 is 0 Å². The molecule has 2 nitrogen and oxygen atoms in total. The first-order valence-electron chi connectivity index (χ1n) is 5.14. The van der Waals surface area contributed by atoms with Crippen LogP contribution in [0.15, 0.2) is 16.7 Å². The van der Waals surface area contributed by atoms with Crippen molar-refractivity contribution in [2.45, 2.75) is 44.1 Å². The van der Waals surface area contributed by atoms with E-state index < -0.39 is 11.5 Å². The van der Waals surface area contributed by atoms with Crippen molar-refractivity contribution in [2.75, 3.05) is 0 Å². The van der Waals surface area contributed by atoms with Gasteiger partial charge in [0, 0.05) is 12.8 Å². The number of rotatable bonds is 1. The molecule has 1 aliphatic rings. The summed E-state index contributed by atoms with van der Waals surface area (Å²) in [5.41, 5.74) is 6.37. The molecular weight excluding hydrogens is 200 g/mol. The number of hydrogen-bond acceptors (Lipinski definition) is 2. The molecule has 0 aliphatic heterocycles. The van der Waals surface area contributed by atoms with E-state index in [9.17, 15) is 8.78 Å². The molecule has 0 spiro atoms. The fourth-order valence-corrected chi connectivity index (χ4v) is 2.17. The summed E-state index contributed by atoms with van der Waals surface area (Å²) in [4.78, 5) is 0. The Hall–Kier alpha value is -0.900. The third-order valence-corrected chi connectivity index (χ3v) is 3.19. The zero-order valence-electron chi connectivity index (χ0n) is 8.72. The van der Waals surface area contributed by atoms with E-state index in [2.05, 4.69) is 0 Å². The Bertz CT molecular complexity index is 349. The average Bonchev–Trinajstić information content (AvgIpc) is 2.58. The minimum absolute atomic E-state index is 0.149. The molecule has 1 fully saturated rings. The van der Waals surface area contributed by atoms with Crippen molar-refractivity contribution in [3.8, 4) is 0 Å². The summed E-state index contributed by atoms with van der Waals surface area (Å²) < 4.78 is 31.3. The minimum Gasteiger partial charge on any atom is -0.467 e. The molecule has 1 aromatic rings. The van der Waals surface area contributed by atoms with Crippen LogP contribution in [0.25, 0.3) is 0 Å². The number of hydrogen-bond donors (Lipinski definition) is 1. The molecule has 0 bridgehead atoms. The van der Waals surface area contributed by atoms with Crippen LogP contribution in [0.3, 0.4) is 0 Å². The van der Waals surface area contributed by atoms with E-state index in [0.717, 1.165) is 5.56 Å². The van der Waals surface area contributed by atoms with Gasteiger partial charge in [-0.3, -0.25) is 0 Å². The molecule has 0 saturated heterocycles. The lowest BCUT2D eigenvalue weighted by Gasteiger charge is -2.35. The first-order valence-corrected chi connectivity index (χ1v) is 5.14. The molecule has 4 heteroatoms. The highest BCUT2D eigenvalue weighted by Gasteiger charge is 2.44. The van der Waals surface area contributed by atoms with E-state index in [1.807, 2.05) is 13.0 Å². The van der Waals surface area contributed by atoms with Crippen LogP contribution in [0.5, 0.6) is 0 Å². The third-order valence-electron chi connectivity index (χ3n) is 3.19. The highest BCUT2D eigenvalue weighted by molar-refractivity contribution is 5.23. The topological polar surface area (TPSA) is 39.2 Å². The summed E-state index contributed by atoms with van der Waals surface area (Å²) in [5.74, 6) is -1.89. The maximum Gasteiger partial charge on any atom is 0.248 e. The van der Waals surface area contributed by atoms with Gasteiger partial charge in [-0.05, 0) is 31.4 Å². The van der Waals surface area contributed by atoms with Gasteiger partial charge in [0.15, 0.2) is 0 Å². The largest absolute Gasteiger partial charge is 0.467 e. The molecule has 0 unspecified atom stereocenters. The van der Waals surface area contributed by atoms with Crippen molar-refractivity contribution in [1.29, 1.82) is 0 Å². The summed E-state index contributed by atoms with van der Waals surface area (Å²) in [6.07, 6.45) is 1.84. The van der Waals surface area contributed by atoms with Crippen LogP contribution >= 0.6 is 0 Å². The fourth-order valence-electron chi connectivity index (χ4n) is 2.17. The zero-order chi connectivity index (χ0) is 11.1. The maximum absolute atomic E-state index is 13.0. The van der Waals surface area contributed by atoms with Crippen LogP contribution in [-0.4, -0.2) is 5.92 Å². The number of halogens is 2. The molecule has 15 heavy (non-hydrogen) atoms. The van der Waals surface area contributed by atoms with Crippen LogP contribution < -0.4 is 5.73 Å². The Morgan fingerprint density at radius 1 is 1.27 bits per heavy atom. The quantitative estimate of drug-likeness (QED) is 0.782. The van der Waals surface area contributed by atoms with Gasteiger partial charge in [0.05, 0.1) is 11.8 Å². The monoisotopic (exact) mass is 215 g/mol. The molecule has 84 valence electrons. The summed E-state index contributed by atoms with van der Waals surface area (Å²) in [7, 11) is 0. The SMILES string of the molecule is Cc1ccoc1C1(N)CCC(F)(F)CC1. The van der Waals surface area contributed by atoms with Crippen LogP contribution in [-0.2, 0) is 5.54 Å². The Balaban J connectivity index is 2.20. The second-order valence-electron chi connectivity index (χ2n) is 4.44. The molecule has 1 saturated carbocycles. The van der Waals surface area contributed by atoms with Crippen LogP contribution in [0.1, 0.15) is 37.0 Å². The van der Waals surface area contributed by atoms with Crippen molar-refractivity contribution < 1.29 is 13.2 Å². The van der Waals surface area contributed by atoms with Crippen LogP contribution in [0.2, 0.25) is 0 Å². The van der Waals surface area contributed by atoms with Crippen LogP contribution in [0.4, 0.5) is 8.78 Å². The minimum atomic E-state index is -2.55. The van der Waals surface area contributed by atoms with Gasteiger partial charge in [0.25, 0.3) is 0 Å². The van der Waals surface area contributed by atoms with Crippen molar-refractivity contribution in [3.05, 3.63) is 23.7 Å². The molecule has 0 aromatic carbocycles. The third kappa shape index (κ3) is 1.91. The van der Waals surface area contributed by atoms with Gasteiger partial charge >= 0.3 is 0 Å². The number of furan rings is 1. The van der Waals surface area contributed by atoms with Gasteiger partial charge in [0.1, 0.15) is 5.76 Å². The normalized spacial score (nSPS) is 24.0. The lowest BCUT2D eigenvalue weighted by Crippen LogP contribution is -2.43. The Morgan fingerprint density at radius 3 is 2.33 bits per heavy atom. The number of nitrogens with two attached hydrogens (primary N) is 1. The number of aryl methyl sites for hydroxylation is 1. The van der Waals surface area contributed by atoms with Crippen LogP contribution in [0, 0.1) is 6.92 Å². The van der Waals surface area contributed by atoms with Crippen molar-refractivity contribution in [3.63, 3.8) is 0 Å². The molecule has 2 rings (SSSR count). The first kappa shape index (κ1) is 10.6. The predicted molar refractivity (Wildman–Crippen MR) is 52.7 cm³/mol. The van der Waals surface area contributed by atoms with E-state index in [1.165, 1.54) is 0 Å². The molecule has 0 atom stereocenters. The van der Waals surface area contributed by atoms with Gasteiger partial charge in [-0.15, -0.1) is 0 Å². The summed E-state index contributed by atoms with van der Waals surface area (Å²) >= 11 is 0. The summed E-state index contributed by atoms with van der Waals surface area (Å²) in [5, 5.41) is 0. The smallest absolute Gasteiger partial charge is 0.248 e. The Labute approximate surface area is 87.4 Å². The van der Waals surface area contributed by atoms with Gasteiger partial charge in [-0.1, -0.05) is 0 Å². The molecule has 2 N–H and O–H groups in total. The standard InChI is InChI=1S/C11H15F2NO/c1-8-2-7-15-9(8)10(14)3-5-11(12,13)6-4-10/h2,7H,3-6,14H2,1H3. The second-order valence-corrected chi connectivity index (χ2v) is 4.44. The number of alkyl halides is 2. The average molecular weight is 215 g/mol. The van der Waals surface area contributed by atoms with Gasteiger partial charge in [-0.2, -0.15) is 0 Å². The van der Waals surface area contributed by atoms with E-state index in [0.29, 0.717) is 5.76 Å². The summed E-state index contributed by atoms with van der Waals surface area (Å²) in [6, 6.07) is 1.82. The van der Waals surface area contributed by atoms with E-state index >= 15 is 0 Å². The zero-order valence-corrected chi connectivity index (χ0v) is 8.72. The molecule has 0 amide bonds. The lowest BCUT2D eigenvalue weighted by molar-refractivity contribution is -0.0539. The molecule has 1 heterocycles. The Kier molecular flexibility index (Phi) is 2.34. The molecule has 0 radical (unpaired) electrons. The van der Waals surface area contributed by atoms with Crippen molar-refractivity contribution in [1.82, 2.24) is 0 Å². The van der Waals surface area contributed by atoms with Gasteiger partial charge in [0.2, 0.25) is 5.92 Å². The highest BCUT2D eigenvalue weighted by atomic mass is 19.3. The fraction of sp³-hybridized carbons (Fsp3) is 0.636. The molecule has 1 aliphatic carbocycles. The highest BCUT2D eigenvalue weighted by Crippen LogP contribution is 2.43. The predicted octanol–water partition coefficient (Wildman–Crippen LogP) is 2.95. The van der Waals surface area contributed by atoms with Gasteiger partial charge < -0.3 is 10.2 Å². The molecular formula is C11H15F2NO. The van der Waals surface area contributed by atoms with E-state index in [-0.39, 0.29) is 25.7 Å². The van der Waals surface area contributed by atoms with E-state index in [4.69, 9.17) is 10.2 Å². The Morgan fingerprint density at radius 2 is 1.87 bits per heavy atom. The first-order chi connectivity index (χ1) is 6.93. The lowest BCUT2D eigenvalue weighted by atomic mass is 9.78. The van der Waals surface area contributed by atoms with Crippen molar-refractivity contribution in [2.24, 2.45) is 5.73 Å². The van der Waals surface area contributed by atoms with E-state index in [1.54, 1.807) is 6.26 Å². The maximum atomic E-state index is 13.0.